The molecule has 20 heavy (non-hydrogen) atoms. The Labute approximate surface area is 122 Å². The van der Waals surface area contributed by atoms with Crippen molar-refractivity contribution in [1.82, 2.24) is 9.69 Å². The lowest BCUT2D eigenvalue weighted by atomic mass is 9.97. The molecule has 0 bridgehead atoms. The molecule has 0 spiro atoms. The van der Waals surface area contributed by atoms with E-state index >= 15 is 0 Å². The zero-order valence-electron chi connectivity index (χ0n) is 11.4. The first kappa shape index (κ1) is 13.1. The van der Waals surface area contributed by atoms with Gasteiger partial charge in [0.2, 0.25) is 0 Å². The largest absolute Gasteiger partial charge is 0.385 e. The maximum atomic E-state index is 12.1. The summed E-state index contributed by atoms with van der Waals surface area (Å²) in [6.07, 6.45) is 2.22. The molecule has 1 aromatic heterocycles. The van der Waals surface area contributed by atoms with Gasteiger partial charge in [0.15, 0.2) is 0 Å². The van der Waals surface area contributed by atoms with Gasteiger partial charge >= 0.3 is 0 Å². The predicted octanol–water partition coefficient (Wildman–Crippen LogP) is 2.74. The van der Waals surface area contributed by atoms with Crippen LogP contribution in [0.2, 0.25) is 0 Å². The topological polar surface area (TPSA) is 54.0 Å². The highest BCUT2D eigenvalue weighted by Gasteiger charge is 2.14. The number of nitrogens with zero attached hydrogens (tertiary/aromatic N) is 1. The highest BCUT2D eigenvalue weighted by molar-refractivity contribution is 7.03. The minimum absolute atomic E-state index is 0.0439. The standard InChI is InChI=1S/C15H17N3OS/c1-10-13(9-20-18-10)15(19)17-8-11-4-2-6-14-12(11)5-3-7-16-14/h2,4,6,9,16H,3,5,7-8H2,1H3,(H,17,19). The minimum Gasteiger partial charge on any atom is -0.385 e. The first-order chi connectivity index (χ1) is 9.75. The van der Waals surface area contributed by atoms with Crippen molar-refractivity contribution in [2.45, 2.75) is 26.3 Å². The molecule has 3 rings (SSSR count). The first-order valence-corrected chi connectivity index (χ1v) is 7.63. The molecule has 2 aromatic rings. The van der Waals surface area contributed by atoms with Crippen molar-refractivity contribution < 1.29 is 4.79 Å². The average Bonchev–Trinajstić information content (AvgIpc) is 2.91. The van der Waals surface area contributed by atoms with E-state index in [0.717, 1.165) is 25.1 Å². The van der Waals surface area contributed by atoms with Gasteiger partial charge in [0, 0.05) is 24.2 Å². The number of hydrogen-bond acceptors (Lipinski definition) is 4. The molecule has 4 nitrogen and oxygen atoms in total. The summed E-state index contributed by atoms with van der Waals surface area (Å²) in [6.45, 7) is 3.46. The molecule has 1 amide bonds. The molecule has 0 atom stereocenters. The Morgan fingerprint density at radius 3 is 3.20 bits per heavy atom. The Hall–Kier alpha value is -1.88. The highest BCUT2D eigenvalue weighted by Crippen LogP contribution is 2.25. The number of fused-ring (bicyclic) bond motifs is 1. The lowest BCUT2D eigenvalue weighted by molar-refractivity contribution is 0.0950. The van der Waals surface area contributed by atoms with Crippen LogP contribution in [-0.4, -0.2) is 16.8 Å². The Morgan fingerprint density at radius 2 is 2.40 bits per heavy atom. The van der Waals surface area contributed by atoms with Crippen molar-refractivity contribution in [1.29, 1.82) is 0 Å². The summed E-state index contributed by atoms with van der Waals surface area (Å²) in [5, 5.41) is 8.20. The van der Waals surface area contributed by atoms with Crippen molar-refractivity contribution in [2.24, 2.45) is 0 Å². The van der Waals surface area contributed by atoms with Gasteiger partial charge in [-0.05, 0) is 48.5 Å². The van der Waals surface area contributed by atoms with E-state index in [1.54, 1.807) is 5.38 Å². The number of carbonyl (C=O) groups excluding carboxylic acids is 1. The lowest BCUT2D eigenvalue weighted by Gasteiger charge is -2.21. The van der Waals surface area contributed by atoms with Gasteiger partial charge in [-0.2, -0.15) is 4.37 Å². The number of amides is 1. The Balaban J connectivity index is 1.73. The quantitative estimate of drug-likeness (QED) is 0.912. The van der Waals surface area contributed by atoms with Crippen LogP contribution in [0.4, 0.5) is 5.69 Å². The number of aromatic nitrogens is 1. The Bertz CT molecular complexity index is 636. The van der Waals surface area contributed by atoms with E-state index in [0.29, 0.717) is 12.1 Å². The summed E-state index contributed by atoms with van der Waals surface area (Å²) >= 11 is 1.32. The summed E-state index contributed by atoms with van der Waals surface area (Å²) in [6, 6.07) is 6.23. The van der Waals surface area contributed by atoms with E-state index in [1.807, 2.05) is 13.0 Å². The smallest absolute Gasteiger partial charge is 0.254 e. The molecule has 0 aliphatic carbocycles. The zero-order chi connectivity index (χ0) is 13.9. The average molecular weight is 287 g/mol. The summed E-state index contributed by atoms with van der Waals surface area (Å²) in [5.41, 5.74) is 5.21. The zero-order valence-corrected chi connectivity index (χ0v) is 12.2. The van der Waals surface area contributed by atoms with E-state index in [2.05, 4.69) is 27.1 Å². The fourth-order valence-electron chi connectivity index (χ4n) is 2.53. The molecule has 5 heteroatoms. The third kappa shape index (κ3) is 2.54. The monoisotopic (exact) mass is 287 g/mol. The molecule has 0 radical (unpaired) electrons. The van der Waals surface area contributed by atoms with Crippen LogP contribution in [0.1, 0.15) is 33.6 Å². The van der Waals surface area contributed by atoms with Gasteiger partial charge in [0.1, 0.15) is 0 Å². The number of hydrogen-bond donors (Lipinski definition) is 2. The lowest BCUT2D eigenvalue weighted by Crippen LogP contribution is -2.24. The van der Waals surface area contributed by atoms with Gasteiger partial charge in [-0.3, -0.25) is 4.79 Å². The van der Waals surface area contributed by atoms with Crippen LogP contribution in [0.5, 0.6) is 0 Å². The second-order valence-corrected chi connectivity index (χ2v) is 5.60. The minimum atomic E-state index is -0.0439. The van der Waals surface area contributed by atoms with Crippen LogP contribution >= 0.6 is 11.5 Å². The second-order valence-electron chi connectivity index (χ2n) is 4.97. The number of nitrogens with one attached hydrogen (secondary N) is 2. The van der Waals surface area contributed by atoms with Gasteiger partial charge in [-0.15, -0.1) is 0 Å². The number of anilines is 1. The van der Waals surface area contributed by atoms with Gasteiger partial charge in [-0.1, -0.05) is 12.1 Å². The molecular weight excluding hydrogens is 270 g/mol. The van der Waals surface area contributed by atoms with Crippen LogP contribution in [0, 0.1) is 6.92 Å². The van der Waals surface area contributed by atoms with Crippen molar-refractivity contribution in [2.75, 3.05) is 11.9 Å². The SMILES string of the molecule is Cc1nscc1C(=O)NCc1cccc2c1CCCN2. The Morgan fingerprint density at radius 1 is 1.50 bits per heavy atom. The van der Waals surface area contributed by atoms with Crippen molar-refractivity contribution >= 4 is 23.1 Å². The molecule has 0 fully saturated rings. The number of rotatable bonds is 3. The van der Waals surface area contributed by atoms with Crippen LogP contribution < -0.4 is 10.6 Å². The molecule has 2 N–H and O–H groups in total. The van der Waals surface area contributed by atoms with Crippen LogP contribution in [-0.2, 0) is 13.0 Å². The summed E-state index contributed by atoms with van der Waals surface area (Å²) < 4.78 is 4.13. The predicted molar refractivity (Wildman–Crippen MR) is 81.3 cm³/mol. The molecule has 2 heterocycles. The molecule has 0 saturated carbocycles. The molecule has 0 unspecified atom stereocenters. The number of aryl methyl sites for hydroxylation is 1. The Kier molecular flexibility index (Phi) is 3.69. The van der Waals surface area contributed by atoms with Crippen LogP contribution in [0.25, 0.3) is 0 Å². The van der Waals surface area contributed by atoms with Gasteiger partial charge in [0.25, 0.3) is 5.91 Å². The van der Waals surface area contributed by atoms with Gasteiger partial charge in [-0.25, -0.2) is 0 Å². The van der Waals surface area contributed by atoms with E-state index in [9.17, 15) is 4.79 Å². The van der Waals surface area contributed by atoms with Crippen LogP contribution in [0.15, 0.2) is 23.6 Å². The first-order valence-electron chi connectivity index (χ1n) is 6.79. The number of benzene rings is 1. The van der Waals surface area contributed by atoms with E-state index in [4.69, 9.17) is 0 Å². The molecule has 1 aliphatic heterocycles. The maximum absolute atomic E-state index is 12.1. The van der Waals surface area contributed by atoms with Crippen molar-refractivity contribution in [3.63, 3.8) is 0 Å². The molecule has 0 saturated heterocycles. The van der Waals surface area contributed by atoms with E-state index in [-0.39, 0.29) is 5.91 Å². The van der Waals surface area contributed by atoms with Crippen molar-refractivity contribution in [3.05, 3.63) is 46.0 Å². The van der Waals surface area contributed by atoms with E-state index in [1.165, 1.54) is 28.3 Å². The third-order valence-electron chi connectivity index (χ3n) is 3.63. The maximum Gasteiger partial charge on any atom is 0.254 e. The number of carbonyl (C=O) groups is 1. The summed E-state index contributed by atoms with van der Waals surface area (Å²) in [4.78, 5) is 12.1. The van der Waals surface area contributed by atoms with E-state index < -0.39 is 0 Å². The highest BCUT2D eigenvalue weighted by atomic mass is 32.1. The normalized spacial score (nSPS) is 13.4. The van der Waals surface area contributed by atoms with Crippen LogP contribution in [0.3, 0.4) is 0 Å². The molecule has 1 aliphatic rings. The summed E-state index contributed by atoms with van der Waals surface area (Å²) in [7, 11) is 0. The second kappa shape index (κ2) is 5.63. The molecule has 104 valence electrons. The molecular formula is C15H17N3OS. The van der Waals surface area contributed by atoms with Gasteiger partial charge < -0.3 is 10.6 Å². The van der Waals surface area contributed by atoms with Crippen molar-refractivity contribution in [3.8, 4) is 0 Å². The molecule has 1 aromatic carbocycles. The fourth-order valence-corrected chi connectivity index (χ4v) is 3.22. The summed E-state index contributed by atoms with van der Waals surface area (Å²) in [5.74, 6) is -0.0439. The third-order valence-corrected chi connectivity index (χ3v) is 4.35. The van der Waals surface area contributed by atoms with Gasteiger partial charge in [0.05, 0.1) is 11.3 Å². The fraction of sp³-hybridized carbons (Fsp3) is 0.333.